The van der Waals surface area contributed by atoms with E-state index in [2.05, 4.69) is 10.2 Å². The molecule has 0 saturated carbocycles. The van der Waals surface area contributed by atoms with E-state index in [4.69, 9.17) is 4.74 Å². The van der Waals surface area contributed by atoms with Crippen LogP contribution in [0.25, 0.3) is 0 Å². The van der Waals surface area contributed by atoms with Gasteiger partial charge in [0.1, 0.15) is 0 Å². The van der Waals surface area contributed by atoms with Crippen molar-refractivity contribution in [2.45, 2.75) is 26.3 Å². The summed E-state index contributed by atoms with van der Waals surface area (Å²) in [6, 6.07) is 5.16. The fourth-order valence-electron chi connectivity index (χ4n) is 3.56. The van der Waals surface area contributed by atoms with Gasteiger partial charge in [-0.2, -0.15) is 0 Å². The molecule has 2 aliphatic heterocycles. The molecule has 0 aliphatic carbocycles. The number of benzene rings is 1. The summed E-state index contributed by atoms with van der Waals surface area (Å²) in [5.41, 5.74) is 2.19. The SMILES string of the molecule is CCS(=O)(=O)N1c2ccc(C(=O)NCCN3CCOCC3)cc2C[C@@H]1C. The van der Waals surface area contributed by atoms with Crippen LogP contribution in [0, 0.1) is 0 Å². The predicted molar refractivity (Wildman–Crippen MR) is 101 cm³/mol. The van der Waals surface area contributed by atoms with Crippen LogP contribution in [-0.4, -0.2) is 70.4 Å². The van der Waals surface area contributed by atoms with Crippen molar-refractivity contribution >= 4 is 21.6 Å². The lowest BCUT2D eigenvalue weighted by Crippen LogP contribution is -2.41. The van der Waals surface area contributed by atoms with Gasteiger partial charge in [0.2, 0.25) is 10.0 Å². The number of carbonyl (C=O) groups is 1. The van der Waals surface area contributed by atoms with Gasteiger partial charge in [-0.1, -0.05) is 0 Å². The number of carbonyl (C=O) groups excluding carboxylic acids is 1. The van der Waals surface area contributed by atoms with E-state index in [0.29, 0.717) is 24.2 Å². The number of hydrogen-bond acceptors (Lipinski definition) is 5. The largest absolute Gasteiger partial charge is 0.379 e. The molecule has 1 N–H and O–H groups in total. The second kappa shape index (κ2) is 7.94. The number of fused-ring (bicyclic) bond motifs is 1. The molecule has 0 spiro atoms. The first kappa shape index (κ1) is 19.1. The molecule has 144 valence electrons. The summed E-state index contributed by atoms with van der Waals surface area (Å²) >= 11 is 0. The van der Waals surface area contributed by atoms with Crippen LogP contribution in [0.1, 0.15) is 29.8 Å². The first-order valence-electron chi connectivity index (χ1n) is 9.15. The molecule has 1 aromatic carbocycles. The minimum absolute atomic E-state index is 0.0700. The Hall–Kier alpha value is -1.64. The highest BCUT2D eigenvalue weighted by Crippen LogP contribution is 2.35. The zero-order valence-electron chi connectivity index (χ0n) is 15.4. The number of rotatable bonds is 6. The van der Waals surface area contributed by atoms with E-state index in [1.807, 2.05) is 13.0 Å². The van der Waals surface area contributed by atoms with Gasteiger partial charge in [0, 0.05) is 37.8 Å². The predicted octanol–water partition coefficient (Wildman–Crippen LogP) is 0.849. The first-order chi connectivity index (χ1) is 12.4. The Balaban J connectivity index is 1.64. The van der Waals surface area contributed by atoms with Crippen molar-refractivity contribution in [3.05, 3.63) is 29.3 Å². The van der Waals surface area contributed by atoms with Crippen LogP contribution in [0.5, 0.6) is 0 Å². The highest BCUT2D eigenvalue weighted by Gasteiger charge is 2.34. The van der Waals surface area contributed by atoms with Crippen molar-refractivity contribution in [1.82, 2.24) is 10.2 Å². The second-order valence-electron chi connectivity index (χ2n) is 6.80. The second-order valence-corrected chi connectivity index (χ2v) is 8.94. The topological polar surface area (TPSA) is 79.0 Å². The Kier molecular flexibility index (Phi) is 5.84. The maximum atomic E-state index is 12.4. The zero-order valence-corrected chi connectivity index (χ0v) is 16.2. The lowest BCUT2D eigenvalue weighted by Gasteiger charge is -2.26. The summed E-state index contributed by atoms with van der Waals surface area (Å²) in [6.07, 6.45) is 0.628. The van der Waals surface area contributed by atoms with Crippen LogP contribution < -0.4 is 9.62 Å². The van der Waals surface area contributed by atoms with Gasteiger partial charge in [0.05, 0.1) is 24.7 Å². The van der Waals surface area contributed by atoms with Gasteiger partial charge >= 0.3 is 0 Å². The van der Waals surface area contributed by atoms with Crippen molar-refractivity contribution in [3.63, 3.8) is 0 Å². The summed E-state index contributed by atoms with van der Waals surface area (Å²) < 4.78 is 31.4. The Morgan fingerprint density at radius 2 is 2.04 bits per heavy atom. The lowest BCUT2D eigenvalue weighted by molar-refractivity contribution is 0.0383. The molecule has 8 heteroatoms. The van der Waals surface area contributed by atoms with Gasteiger partial charge in [-0.05, 0) is 44.0 Å². The minimum atomic E-state index is -3.30. The van der Waals surface area contributed by atoms with Crippen LogP contribution >= 0.6 is 0 Å². The van der Waals surface area contributed by atoms with E-state index in [1.165, 1.54) is 4.31 Å². The molecule has 0 aromatic heterocycles. The third-order valence-corrected chi connectivity index (χ3v) is 6.86. The molecule has 26 heavy (non-hydrogen) atoms. The van der Waals surface area contributed by atoms with Crippen LogP contribution in [0.4, 0.5) is 5.69 Å². The third kappa shape index (κ3) is 4.02. The molecule has 7 nitrogen and oxygen atoms in total. The summed E-state index contributed by atoms with van der Waals surface area (Å²) in [4.78, 5) is 14.7. The van der Waals surface area contributed by atoms with Crippen molar-refractivity contribution in [2.75, 3.05) is 49.5 Å². The van der Waals surface area contributed by atoms with E-state index >= 15 is 0 Å². The van der Waals surface area contributed by atoms with Crippen LogP contribution in [-0.2, 0) is 21.2 Å². The van der Waals surface area contributed by atoms with Gasteiger partial charge in [0.25, 0.3) is 5.91 Å². The molecule has 0 unspecified atom stereocenters. The molecule has 0 bridgehead atoms. The Morgan fingerprint density at radius 1 is 1.31 bits per heavy atom. The fourth-order valence-corrected chi connectivity index (χ4v) is 4.94. The van der Waals surface area contributed by atoms with E-state index in [0.717, 1.165) is 38.4 Å². The van der Waals surface area contributed by atoms with Crippen molar-refractivity contribution in [1.29, 1.82) is 0 Å². The number of ether oxygens (including phenoxy) is 1. The smallest absolute Gasteiger partial charge is 0.251 e. The monoisotopic (exact) mass is 381 g/mol. The maximum Gasteiger partial charge on any atom is 0.251 e. The number of amides is 1. The highest BCUT2D eigenvalue weighted by atomic mass is 32.2. The van der Waals surface area contributed by atoms with E-state index in [1.54, 1.807) is 19.1 Å². The third-order valence-electron chi connectivity index (χ3n) is 4.98. The molecule has 3 rings (SSSR count). The fraction of sp³-hybridized carbons (Fsp3) is 0.611. The summed E-state index contributed by atoms with van der Waals surface area (Å²) in [5.74, 6) is -0.0499. The van der Waals surface area contributed by atoms with Crippen molar-refractivity contribution in [2.24, 2.45) is 0 Å². The van der Waals surface area contributed by atoms with Gasteiger partial charge < -0.3 is 10.1 Å². The first-order valence-corrected chi connectivity index (χ1v) is 10.8. The molecule has 1 saturated heterocycles. The molecule has 2 heterocycles. The lowest BCUT2D eigenvalue weighted by atomic mass is 10.1. The number of morpholine rings is 1. The maximum absolute atomic E-state index is 12.4. The summed E-state index contributed by atoms with van der Waals surface area (Å²) in [6.45, 7) is 8.22. The molecule has 0 radical (unpaired) electrons. The molecule has 1 fully saturated rings. The minimum Gasteiger partial charge on any atom is -0.379 e. The Bertz CT molecular complexity index is 760. The number of anilines is 1. The Labute approximate surface area is 155 Å². The average molecular weight is 381 g/mol. The van der Waals surface area contributed by atoms with E-state index in [9.17, 15) is 13.2 Å². The molecular weight excluding hydrogens is 354 g/mol. The van der Waals surface area contributed by atoms with Gasteiger partial charge in [-0.25, -0.2) is 8.42 Å². The van der Waals surface area contributed by atoms with Crippen LogP contribution in [0.15, 0.2) is 18.2 Å². The molecule has 2 aliphatic rings. The zero-order chi connectivity index (χ0) is 18.7. The average Bonchev–Trinajstić information content (AvgIpc) is 2.98. The van der Waals surface area contributed by atoms with Crippen LogP contribution in [0.2, 0.25) is 0 Å². The molecule has 1 aromatic rings. The number of sulfonamides is 1. The number of hydrogen-bond donors (Lipinski definition) is 1. The molecule has 1 atom stereocenters. The van der Waals surface area contributed by atoms with Gasteiger partial charge in [0.15, 0.2) is 0 Å². The molecule has 1 amide bonds. The quantitative estimate of drug-likeness (QED) is 0.790. The number of nitrogens with one attached hydrogen (secondary N) is 1. The van der Waals surface area contributed by atoms with Crippen molar-refractivity contribution < 1.29 is 17.9 Å². The Morgan fingerprint density at radius 3 is 2.73 bits per heavy atom. The van der Waals surface area contributed by atoms with Crippen molar-refractivity contribution in [3.8, 4) is 0 Å². The van der Waals surface area contributed by atoms with Gasteiger partial charge in [-0.15, -0.1) is 0 Å². The number of nitrogens with zero attached hydrogens (tertiary/aromatic N) is 2. The van der Waals surface area contributed by atoms with Crippen LogP contribution in [0.3, 0.4) is 0 Å². The standard InChI is InChI=1S/C18H27N3O4S/c1-3-26(23,24)21-14(2)12-16-13-15(4-5-17(16)21)18(22)19-6-7-20-8-10-25-11-9-20/h4-5,13-14H,3,6-12H2,1-2H3,(H,19,22)/t14-/m0/s1. The summed E-state index contributed by atoms with van der Waals surface area (Å²) in [7, 11) is -3.30. The van der Waals surface area contributed by atoms with E-state index in [-0.39, 0.29) is 17.7 Å². The molecular formula is C18H27N3O4S. The van der Waals surface area contributed by atoms with E-state index < -0.39 is 10.0 Å². The normalized spacial score (nSPS) is 20.8. The highest BCUT2D eigenvalue weighted by molar-refractivity contribution is 7.92. The van der Waals surface area contributed by atoms with Gasteiger partial charge in [-0.3, -0.25) is 14.0 Å². The summed E-state index contributed by atoms with van der Waals surface area (Å²) in [5, 5.41) is 2.95.